The van der Waals surface area contributed by atoms with E-state index in [9.17, 15) is 4.79 Å². The molecule has 1 fully saturated rings. The van der Waals surface area contributed by atoms with Gasteiger partial charge in [-0.1, -0.05) is 0 Å². The van der Waals surface area contributed by atoms with Gasteiger partial charge < -0.3 is 14.5 Å². The molecule has 0 aliphatic carbocycles. The lowest BCUT2D eigenvalue weighted by molar-refractivity contribution is 0.162. The van der Waals surface area contributed by atoms with E-state index in [0.29, 0.717) is 11.0 Å². The zero-order valence-corrected chi connectivity index (χ0v) is 10.0. The van der Waals surface area contributed by atoms with Crippen molar-refractivity contribution in [3.8, 4) is 5.75 Å². The SMILES string of the molecule is O=c1ccoc2cc(OC3CCNCC3)ccc12. The van der Waals surface area contributed by atoms with Gasteiger partial charge in [-0.2, -0.15) is 0 Å². The summed E-state index contributed by atoms with van der Waals surface area (Å²) < 4.78 is 11.2. The first kappa shape index (κ1) is 11.3. The fraction of sp³-hybridized carbons (Fsp3) is 0.357. The second kappa shape index (κ2) is 4.82. The van der Waals surface area contributed by atoms with Gasteiger partial charge in [0.2, 0.25) is 0 Å². The van der Waals surface area contributed by atoms with E-state index < -0.39 is 0 Å². The highest BCUT2D eigenvalue weighted by atomic mass is 16.5. The third kappa shape index (κ3) is 2.24. The molecular formula is C14H15NO3. The van der Waals surface area contributed by atoms with Gasteiger partial charge in [-0.3, -0.25) is 4.79 Å². The molecule has 4 nitrogen and oxygen atoms in total. The molecule has 1 saturated heterocycles. The number of benzene rings is 1. The Labute approximate surface area is 105 Å². The van der Waals surface area contributed by atoms with Crippen LogP contribution in [0, 0.1) is 0 Å². The number of fused-ring (bicyclic) bond motifs is 1. The van der Waals surface area contributed by atoms with Crippen molar-refractivity contribution in [2.75, 3.05) is 13.1 Å². The smallest absolute Gasteiger partial charge is 0.192 e. The van der Waals surface area contributed by atoms with E-state index >= 15 is 0 Å². The summed E-state index contributed by atoms with van der Waals surface area (Å²) in [5.41, 5.74) is 0.554. The van der Waals surface area contributed by atoms with Gasteiger partial charge >= 0.3 is 0 Å². The molecule has 94 valence electrons. The molecule has 1 aromatic heterocycles. The summed E-state index contributed by atoms with van der Waals surface area (Å²) >= 11 is 0. The Kier molecular flexibility index (Phi) is 3.02. The molecule has 3 rings (SSSR count). The summed E-state index contributed by atoms with van der Waals surface area (Å²) in [4.78, 5) is 11.6. The quantitative estimate of drug-likeness (QED) is 0.878. The number of hydrogen-bond donors (Lipinski definition) is 1. The molecule has 0 bridgehead atoms. The van der Waals surface area contributed by atoms with Crippen LogP contribution in [-0.2, 0) is 0 Å². The van der Waals surface area contributed by atoms with Crippen LogP contribution in [-0.4, -0.2) is 19.2 Å². The van der Waals surface area contributed by atoms with Gasteiger partial charge in [0.15, 0.2) is 5.43 Å². The van der Waals surface area contributed by atoms with Crippen molar-refractivity contribution >= 4 is 11.0 Å². The maximum absolute atomic E-state index is 11.6. The molecule has 0 spiro atoms. The normalized spacial score (nSPS) is 16.9. The van der Waals surface area contributed by atoms with Gasteiger partial charge in [0.1, 0.15) is 17.4 Å². The van der Waals surface area contributed by atoms with E-state index in [1.54, 1.807) is 12.1 Å². The summed E-state index contributed by atoms with van der Waals surface area (Å²) in [6, 6.07) is 6.81. The number of rotatable bonds is 2. The molecule has 18 heavy (non-hydrogen) atoms. The van der Waals surface area contributed by atoms with E-state index in [0.717, 1.165) is 31.7 Å². The number of ether oxygens (including phenoxy) is 1. The van der Waals surface area contributed by atoms with Crippen LogP contribution in [0.15, 0.2) is 39.7 Å². The average molecular weight is 245 g/mol. The highest BCUT2D eigenvalue weighted by molar-refractivity contribution is 5.77. The van der Waals surface area contributed by atoms with Crippen LogP contribution in [0.25, 0.3) is 11.0 Å². The monoisotopic (exact) mass is 245 g/mol. The minimum Gasteiger partial charge on any atom is -0.490 e. The van der Waals surface area contributed by atoms with E-state index in [-0.39, 0.29) is 11.5 Å². The van der Waals surface area contributed by atoms with Crippen LogP contribution in [0.2, 0.25) is 0 Å². The Morgan fingerprint density at radius 2 is 2.06 bits per heavy atom. The Morgan fingerprint density at radius 1 is 1.22 bits per heavy atom. The van der Waals surface area contributed by atoms with Crippen LogP contribution in [0.1, 0.15) is 12.8 Å². The first-order valence-corrected chi connectivity index (χ1v) is 6.22. The topological polar surface area (TPSA) is 51.5 Å². The van der Waals surface area contributed by atoms with E-state index in [1.807, 2.05) is 6.07 Å². The largest absolute Gasteiger partial charge is 0.490 e. The highest BCUT2D eigenvalue weighted by Crippen LogP contribution is 2.21. The predicted molar refractivity (Wildman–Crippen MR) is 69.0 cm³/mol. The lowest BCUT2D eigenvalue weighted by atomic mass is 10.1. The molecule has 0 amide bonds. The number of piperidine rings is 1. The molecule has 1 aromatic carbocycles. The second-order valence-corrected chi connectivity index (χ2v) is 4.51. The van der Waals surface area contributed by atoms with Crippen molar-refractivity contribution < 1.29 is 9.15 Å². The van der Waals surface area contributed by atoms with Crippen molar-refractivity contribution in [1.82, 2.24) is 5.32 Å². The lowest BCUT2D eigenvalue weighted by Crippen LogP contribution is -2.34. The van der Waals surface area contributed by atoms with Crippen LogP contribution in [0.3, 0.4) is 0 Å². The zero-order chi connectivity index (χ0) is 12.4. The van der Waals surface area contributed by atoms with Crippen molar-refractivity contribution in [2.45, 2.75) is 18.9 Å². The third-order valence-electron chi connectivity index (χ3n) is 3.22. The van der Waals surface area contributed by atoms with Crippen molar-refractivity contribution in [3.05, 3.63) is 40.8 Å². The van der Waals surface area contributed by atoms with Crippen LogP contribution in [0.5, 0.6) is 5.75 Å². The van der Waals surface area contributed by atoms with Crippen molar-refractivity contribution in [3.63, 3.8) is 0 Å². The molecule has 4 heteroatoms. The molecular weight excluding hydrogens is 230 g/mol. The van der Waals surface area contributed by atoms with E-state index in [1.165, 1.54) is 12.3 Å². The molecule has 0 unspecified atom stereocenters. The molecule has 2 heterocycles. The first-order valence-electron chi connectivity index (χ1n) is 6.22. The molecule has 1 aliphatic heterocycles. The molecule has 1 aliphatic rings. The van der Waals surface area contributed by atoms with Crippen LogP contribution < -0.4 is 15.5 Å². The highest BCUT2D eigenvalue weighted by Gasteiger charge is 2.14. The number of hydrogen-bond acceptors (Lipinski definition) is 4. The molecule has 0 atom stereocenters. The predicted octanol–water partition coefficient (Wildman–Crippen LogP) is 1.92. The molecule has 2 aromatic rings. The summed E-state index contributed by atoms with van der Waals surface area (Å²) in [7, 11) is 0. The van der Waals surface area contributed by atoms with Gasteiger partial charge in [-0.15, -0.1) is 0 Å². The Balaban J connectivity index is 1.86. The fourth-order valence-electron chi connectivity index (χ4n) is 2.24. The minimum atomic E-state index is -0.0235. The summed E-state index contributed by atoms with van der Waals surface area (Å²) in [6.07, 6.45) is 3.69. The van der Waals surface area contributed by atoms with Gasteiger partial charge in [0.25, 0.3) is 0 Å². The Morgan fingerprint density at radius 3 is 2.89 bits per heavy atom. The second-order valence-electron chi connectivity index (χ2n) is 4.51. The van der Waals surface area contributed by atoms with E-state index in [4.69, 9.17) is 9.15 Å². The number of nitrogens with one attached hydrogen (secondary N) is 1. The molecule has 1 N–H and O–H groups in total. The van der Waals surface area contributed by atoms with Crippen LogP contribution >= 0.6 is 0 Å². The van der Waals surface area contributed by atoms with Gasteiger partial charge in [0.05, 0.1) is 11.6 Å². The van der Waals surface area contributed by atoms with Crippen molar-refractivity contribution in [2.24, 2.45) is 0 Å². The van der Waals surface area contributed by atoms with Crippen molar-refractivity contribution in [1.29, 1.82) is 0 Å². The Bertz CT molecular complexity index is 599. The zero-order valence-electron chi connectivity index (χ0n) is 10.0. The molecule has 0 saturated carbocycles. The maximum atomic E-state index is 11.6. The van der Waals surface area contributed by atoms with Crippen LogP contribution in [0.4, 0.5) is 0 Å². The summed E-state index contributed by atoms with van der Waals surface area (Å²) in [6.45, 7) is 1.99. The van der Waals surface area contributed by atoms with Gasteiger partial charge in [0, 0.05) is 12.1 Å². The minimum absolute atomic E-state index is 0.0235. The Hall–Kier alpha value is -1.81. The first-order chi connectivity index (χ1) is 8.83. The summed E-state index contributed by atoms with van der Waals surface area (Å²) in [5, 5.41) is 3.89. The third-order valence-corrected chi connectivity index (χ3v) is 3.22. The van der Waals surface area contributed by atoms with Gasteiger partial charge in [-0.25, -0.2) is 0 Å². The fourth-order valence-corrected chi connectivity index (χ4v) is 2.24. The maximum Gasteiger partial charge on any atom is 0.192 e. The van der Waals surface area contributed by atoms with E-state index in [2.05, 4.69) is 5.32 Å². The van der Waals surface area contributed by atoms with Gasteiger partial charge in [-0.05, 0) is 38.1 Å². The standard InChI is InChI=1S/C14H15NO3/c16-13-5-8-17-14-9-11(1-2-12(13)14)18-10-3-6-15-7-4-10/h1-2,5,8-10,15H,3-4,6-7H2. The lowest BCUT2D eigenvalue weighted by Gasteiger charge is -2.23. The molecule has 0 radical (unpaired) electrons. The average Bonchev–Trinajstić information content (AvgIpc) is 2.40. The summed E-state index contributed by atoms with van der Waals surface area (Å²) in [5.74, 6) is 0.767.